The molecule has 6 heteroatoms. The number of hydrogen-bond donors (Lipinski definition) is 1. The molecule has 0 saturated carbocycles. The van der Waals surface area contributed by atoms with Crippen molar-refractivity contribution in [3.05, 3.63) is 16.1 Å². The highest BCUT2D eigenvalue weighted by molar-refractivity contribution is 7.09. The van der Waals surface area contributed by atoms with Crippen molar-refractivity contribution in [2.24, 2.45) is 5.73 Å². The smallest absolute Gasteiger partial charge is 0.273 e. The Balaban J connectivity index is 2.08. The van der Waals surface area contributed by atoms with Crippen molar-refractivity contribution in [3.8, 4) is 0 Å². The van der Waals surface area contributed by atoms with E-state index in [9.17, 15) is 4.79 Å². The molecule has 1 unspecified atom stereocenters. The summed E-state index contributed by atoms with van der Waals surface area (Å²) >= 11 is 1.51. The summed E-state index contributed by atoms with van der Waals surface area (Å²) in [6.45, 7) is 4.53. The molecule has 18 heavy (non-hydrogen) atoms. The summed E-state index contributed by atoms with van der Waals surface area (Å²) in [7, 11) is 0. The van der Waals surface area contributed by atoms with E-state index in [4.69, 9.17) is 10.5 Å². The quantitative estimate of drug-likeness (QED) is 0.881. The average molecular weight is 269 g/mol. The van der Waals surface area contributed by atoms with Gasteiger partial charge in [0.25, 0.3) is 5.91 Å². The lowest BCUT2D eigenvalue weighted by Crippen LogP contribution is -2.48. The Labute approximate surface area is 111 Å². The molecule has 0 bridgehead atoms. The Morgan fingerprint density at radius 3 is 3.28 bits per heavy atom. The van der Waals surface area contributed by atoms with E-state index in [0.717, 1.165) is 17.8 Å². The first kappa shape index (κ1) is 13.5. The molecule has 0 spiro atoms. The van der Waals surface area contributed by atoms with Crippen LogP contribution in [-0.2, 0) is 11.2 Å². The van der Waals surface area contributed by atoms with Gasteiger partial charge in [-0.3, -0.25) is 4.79 Å². The van der Waals surface area contributed by atoms with Crippen LogP contribution in [0.4, 0.5) is 0 Å². The van der Waals surface area contributed by atoms with Crippen LogP contribution in [0.1, 0.15) is 28.8 Å². The van der Waals surface area contributed by atoms with E-state index in [2.05, 4.69) is 11.9 Å². The minimum absolute atomic E-state index is 0.0182. The number of carbonyl (C=O) groups is 1. The predicted molar refractivity (Wildman–Crippen MR) is 70.8 cm³/mol. The van der Waals surface area contributed by atoms with Crippen LogP contribution >= 0.6 is 11.3 Å². The van der Waals surface area contributed by atoms with Crippen molar-refractivity contribution in [1.29, 1.82) is 0 Å². The fourth-order valence-electron chi connectivity index (χ4n) is 2.05. The van der Waals surface area contributed by atoms with Crippen molar-refractivity contribution in [2.45, 2.75) is 25.8 Å². The van der Waals surface area contributed by atoms with Gasteiger partial charge in [0.2, 0.25) is 0 Å². The molecule has 1 fully saturated rings. The van der Waals surface area contributed by atoms with E-state index in [0.29, 0.717) is 32.0 Å². The van der Waals surface area contributed by atoms with Gasteiger partial charge in [0.1, 0.15) is 5.69 Å². The second kappa shape index (κ2) is 6.26. The molecule has 1 saturated heterocycles. The third-order valence-corrected chi connectivity index (χ3v) is 4.00. The van der Waals surface area contributed by atoms with Crippen LogP contribution in [0.25, 0.3) is 0 Å². The summed E-state index contributed by atoms with van der Waals surface area (Å²) in [5, 5.41) is 2.76. The van der Waals surface area contributed by atoms with Gasteiger partial charge in [-0.1, -0.05) is 6.92 Å². The lowest BCUT2D eigenvalue weighted by molar-refractivity contribution is -0.00307. The van der Waals surface area contributed by atoms with Gasteiger partial charge in [0, 0.05) is 18.3 Å². The number of aromatic nitrogens is 1. The zero-order chi connectivity index (χ0) is 13.0. The molecule has 2 rings (SSSR count). The number of morpholine rings is 1. The van der Waals surface area contributed by atoms with E-state index in [1.54, 1.807) is 0 Å². The Kier molecular flexibility index (Phi) is 4.68. The van der Waals surface area contributed by atoms with Crippen LogP contribution in [0.5, 0.6) is 0 Å². The fraction of sp³-hybridized carbons (Fsp3) is 0.667. The summed E-state index contributed by atoms with van der Waals surface area (Å²) in [5.41, 5.74) is 6.03. The van der Waals surface area contributed by atoms with Gasteiger partial charge in [0.15, 0.2) is 0 Å². The van der Waals surface area contributed by atoms with Gasteiger partial charge in [-0.05, 0) is 13.0 Å². The summed E-state index contributed by atoms with van der Waals surface area (Å²) in [6.07, 6.45) is 1.64. The molecular formula is C12H19N3O2S. The Morgan fingerprint density at radius 2 is 2.56 bits per heavy atom. The SMILES string of the molecule is CCC1COCCN1C(=O)c1csc(CCN)n1. The van der Waals surface area contributed by atoms with Crippen LogP contribution < -0.4 is 5.73 Å². The van der Waals surface area contributed by atoms with E-state index < -0.39 is 0 Å². The first-order valence-corrected chi connectivity index (χ1v) is 7.17. The number of ether oxygens (including phenoxy) is 1. The lowest BCUT2D eigenvalue weighted by atomic mass is 10.1. The number of thiazole rings is 1. The van der Waals surface area contributed by atoms with Gasteiger partial charge in [-0.15, -0.1) is 11.3 Å². The van der Waals surface area contributed by atoms with Gasteiger partial charge in [-0.25, -0.2) is 4.98 Å². The molecule has 1 amide bonds. The summed E-state index contributed by atoms with van der Waals surface area (Å²) in [6, 6.07) is 0.172. The van der Waals surface area contributed by atoms with Crippen LogP contribution in [0, 0.1) is 0 Å². The molecule has 100 valence electrons. The minimum atomic E-state index is 0.0182. The van der Waals surface area contributed by atoms with Crippen molar-refractivity contribution in [2.75, 3.05) is 26.3 Å². The standard InChI is InChI=1S/C12H19N3O2S/c1-2-9-7-17-6-5-15(9)12(16)10-8-18-11(14-10)3-4-13/h8-9H,2-7,13H2,1H3. The largest absolute Gasteiger partial charge is 0.377 e. The number of amides is 1. The number of carbonyl (C=O) groups excluding carboxylic acids is 1. The highest BCUT2D eigenvalue weighted by atomic mass is 32.1. The first-order valence-electron chi connectivity index (χ1n) is 6.29. The Hall–Kier alpha value is -0.980. The van der Waals surface area contributed by atoms with Gasteiger partial charge in [-0.2, -0.15) is 0 Å². The number of nitrogens with two attached hydrogens (primary N) is 1. The third kappa shape index (κ3) is 2.88. The highest BCUT2D eigenvalue weighted by Gasteiger charge is 2.28. The zero-order valence-corrected chi connectivity index (χ0v) is 11.4. The first-order chi connectivity index (χ1) is 8.76. The molecule has 5 nitrogen and oxygen atoms in total. The van der Waals surface area contributed by atoms with Gasteiger partial charge < -0.3 is 15.4 Å². The average Bonchev–Trinajstić information content (AvgIpc) is 2.87. The maximum absolute atomic E-state index is 12.4. The molecular weight excluding hydrogens is 250 g/mol. The fourth-order valence-corrected chi connectivity index (χ4v) is 2.84. The maximum Gasteiger partial charge on any atom is 0.273 e. The van der Waals surface area contributed by atoms with Crippen LogP contribution in [0.15, 0.2) is 5.38 Å². The third-order valence-electron chi connectivity index (χ3n) is 3.09. The maximum atomic E-state index is 12.4. The van der Waals surface area contributed by atoms with E-state index in [1.807, 2.05) is 10.3 Å². The van der Waals surface area contributed by atoms with E-state index in [-0.39, 0.29) is 11.9 Å². The molecule has 2 N–H and O–H groups in total. The van der Waals surface area contributed by atoms with Crippen molar-refractivity contribution < 1.29 is 9.53 Å². The molecule has 1 aliphatic rings. The zero-order valence-electron chi connectivity index (χ0n) is 10.6. The molecule has 0 aromatic carbocycles. The molecule has 0 aliphatic carbocycles. The lowest BCUT2D eigenvalue weighted by Gasteiger charge is -2.34. The normalized spacial score (nSPS) is 20.1. The summed E-state index contributed by atoms with van der Waals surface area (Å²) in [4.78, 5) is 18.6. The number of nitrogens with zero attached hydrogens (tertiary/aromatic N) is 2. The topological polar surface area (TPSA) is 68.5 Å². The molecule has 2 heterocycles. The van der Waals surface area contributed by atoms with E-state index in [1.165, 1.54) is 11.3 Å². The van der Waals surface area contributed by atoms with Crippen molar-refractivity contribution in [3.63, 3.8) is 0 Å². The molecule has 1 aromatic heterocycles. The molecule has 1 atom stereocenters. The van der Waals surface area contributed by atoms with E-state index >= 15 is 0 Å². The second-order valence-corrected chi connectivity index (χ2v) is 5.24. The number of hydrogen-bond acceptors (Lipinski definition) is 5. The summed E-state index contributed by atoms with van der Waals surface area (Å²) in [5.74, 6) is 0.0182. The number of rotatable bonds is 4. The van der Waals surface area contributed by atoms with Crippen LogP contribution in [-0.4, -0.2) is 48.1 Å². The van der Waals surface area contributed by atoms with Gasteiger partial charge in [0.05, 0.1) is 24.3 Å². The Morgan fingerprint density at radius 1 is 1.72 bits per heavy atom. The van der Waals surface area contributed by atoms with Crippen LogP contribution in [0.3, 0.4) is 0 Å². The molecule has 1 aromatic rings. The van der Waals surface area contributed by atoms with Gasteiger partial charge >= 0.3 is 0 Å². The monoisotopic (exact) mass is 269 g/mol. The predicted octanol–water partition coefficient (Wildman–Crippen LogP) is 0.895. The molecule has 0 radical (unpaired) electrons. The van der Waals surface area contributed by atoms with Crippen LogP contribution in [0.2, 0.25) is 0 Å². The highest BCUT2D eigenvalue weighted by Crippen LogP contribution is 2.17. The van der Waals surface area contributed by atoms with Crippen molar-refractivity contribution in [1.82, 2.24) is 9.88 Å². The van der Waals surface area contributed by atoms with Crippen molar-refractivity contribution >= 4 is 17.2 Å². The molecule has 1 aliphatic heterocycles. The second-order valence-electron chi connectivity index (χ2n) is 4.30. The Bertz CT molecular complexity index is 408. The summed E-state index contributed by atoms with van der Waals surface area (Å²) < 4.78 is 5.40. The minimum Gasteiger partial charge on any atom is -0.377 e.